The van der Waals surface area contributed by atoms with E-state index in [1.807, 2.05) is 0 Å². The van der Waals surface area contributed by atoms with E-state index in [0.29, 0.717) is 45.0 Å². The highest BCUT2D eigenvalue weighted by Gasteiger charge is 2.28. The summed E-state index contributed by atoms with van der Waals surface area (Å²) in [5.41, 5.74) is 0. The number of para-hydroxylation sites is 1. The second-order valence-corrected chi connectivity index (χ2v) is 8.93. The Morgan fingerprint density at radius 3 is 2.39 bits per heavy atom. The molecular weight excluding hydrogens is 425 g/mol. The van der Waals surface area contributed by atoms with Gasteiger partial charge in [0, 0.05) is 39.3 Å². The Kier molecular flexibility index (Phi) is 7.83. The fourth-order valence-electron chi connectivity index (χ4n) is 3.20. The average molecular weight is 452 g/mol. The minimum absolute atomic E-state index is 0.0341. The van der Waals surface area contributed by atoms with Crippen LogP contribution in [0.3, 0.4) is 0 Å². The average Bonchev–Trinajstić information content (AvgIpc) is 2.79. The molecule has 0 aromatic heterocycles. The van der Waals surface area contributed by atoms with Crippen LogP contribution in [0.4, 0.5) is 4.39 Å². The molecule has 3 rings (SSSR count). The minimum atomic E-state index is -3.55. The first-order chi connectivity index (χ1) is 14.9. The number of nitrogens with zero attached hydrogens (tertiary/aromatic N) is 2. The van der Waals surface area contributed by atoms with Crippen LogP contribution in [0.2, 0.25) is 0 Å². The van der Waals surface area contributed by atoms with Gasteiger partial charge >= 0.3 is 0 Å². The summed E-state index contributed by atoms with van der Waals surface area (Å²) in [4.78, 5) is 14.2. The normalized spacial score (nSPS) is 15.4. The van der Waals surface area contributed by atoms with Crippen molar-refractivity contribution >= 4 is 15.9 Å². The van der Waals surface area contributed by atoms with Crippen molar-refractivity contribution in [1.82, 2.24) is 14.5 Å². The molecule has 1 heterocycles. The number of hydrogen-bond donors (Lipinski definition) is 1. The van der Waals surface area contributed by atoms with Crippen molar-refractivity contribution in [1.29, 1.82) is 0 Å². The van der Waals surface area contributed by atoms with Gasteiger partial charge in [-0.3, -0.25) is 9.69 Å². The number of piperazine rings is 1. The van der Waals surface area contributed by atoms with E-state index in [0.717, 1.165) is 0 Å². The largest absolute Gasteiger partial charge is 0.497 e. The van der Waals surface area contributed by atoms with E-state index in [4.69, 9.17) is 9.47 Å². The van der Waals surface area contributed by atoms with E-state index in [-0.39, 0.29) is 23.2 Å². The van der Waals surface area contributed by atoms with E-state index in [9.17, 15) is 17.6 Å². The molecule has 0 bridgehead atoms. The summed E-state index contributed by atoms with van der Waals surface area (Å²) in [6.45, 7) is 2.59. The Balaban J connectivity index is 1.38. The second-order valence-electron chi connectivity index (χ2n) is 6.99. The van der Waals surface area contributed by atoms with Crippen molar-refractivity contribution in [2.45, 2.75) is 4.90 Å². The summed E-state index contributed by atoms with van der Waals surface area (Å²) >= 11 is 0. The Morgan fingerprint density at radius 1 is 1.06 bits per heavy atom. The van der Waals surface area contributed by atoms with Gasteiger partial charge in [-0.25, -0.2) is 12.8 Å². The first kappa shape index (κ1) is 23.0. The zero-order valence-electron chi connectivity index (χ0n) is 17.3. The molecule has 168 valence electrons. The van der Waals surface area contributed by atoms with Crippen molar-refractivity contribution in [3.8, 4) is 11.5 Å². The van der Waals surface area contributed by atoms with Crippen molar-refractivity contribution in [2.75, 3.05) is 53.0 Å². The molecule has 10 heteroatoms. The van der Waals surface area contributed by atoms with Crippen LogP contribution in [0.15, 0.2) is 53.4 Å². The molecule has 0 spiro atoms. The summed E-state index contributed by atoms with van der Waals surface area (Å²) < 4.78 is 50.7. The van der Waals surface area contributed by atoms with Gasteiger partial charge in [0.15, 0.2) is 18.2 Å². The van der Waals surface area contributed by atoms with Gasteiger partial charge in [-0.05, 0) is 36.4 Å². The van der Waals surface area contributed by atoms with Crippen molar-refractivity contribution < 1.29 is 27.1 Å². The minimum Gasteiger partial charge on any atom is -0.497 e. The molecule has 0 unspecified atom stereocenters. The Labute approximate surface area is 181 Å². The number of ether oxygens (including phenoxy) is 2. The molecule has 2 aromatic rings. The van der Waals surface area contributed by atoms with E-state index in [1.54, 1.807) is 36.4 Å². The third-order valence-corrected chi connectivity index (χ3v) is 6.89. The molecule has 1 saturated heterocycles. The highest BCUT2D eigenvalue weighted by atomic mass is 32.2. The second kappa shape index (κ2) is 10.6. The SMILES string of the molecule is COc1ccc(S(=O)(=O)N2CCN(CCNC(=O)COc3ccccc3F)CC2)cc1. The van der Waals surface area contributed by atoms with E-state index in [1.165, 1.54) is 23.5 Å². The third kappa shape index (κ3) is 6.16. The number of nitrogens with one attached hydrogen (secondary N) is 1. The molecule has 1 amide bonds. The van der Waals surface area contributed by atoms with E-state index < -0.39 is 15.8 Å². The van der Waals surface area contributed by atoms with Gasteiger partial charge < -0.3 is 14.8 Å². The first-order valence-electron chi connectivity index (χ1n) is 9.91. The number of hydrogen-bond acceptors (Lipinski definition) is 6. The lowest BCUT2D eigenvalue weighted by Gasteiger charge is -2.34. The van der Waals surface area contributed by atoms with Crippen LogP contribution < -0.4 is 14.8 Å². The van der Waals surface area contributed by atoms with Crippen LogP contribution in [0.25, 0.3) is 0 Å². The fourth-order valence-corrected chi connectivity index (χ4v) is 4.62. The summed E-state index contributed by atoms with van der Waals surface area (Å²) in [6, 6.07) is 12.2. The number of carbonyl (C=O) groups excluding carboxylic acids is 1. The van der Waals surface area contributed by atoms with E-state index in [2.05, 4.69) is 10.2 Å². The summed E-state index contributed by atoms with van der Waals surface area (Å²) in [7, 11) is -2.02. The molecule has 2 aromatic carbocycles. The summed E-state index contributed by atoms with van der Waals surface area (Å²) in [6.07, 6.45) is 0. The quantitative estimate of drug-likeness (QED) is 0.619. The maximum atomic E-state index is 13.5. The topological polar surface area (TPSA) is 88.2 Å². The number of rotatable bonds is 9. The van der Waals surface area contributed by atoms with Gasteiger partial charge in [0.1, 0.15) is 5.75 Å². The molecule has 0 atom stereocenters. The molecule has 1 aliphatic rings. The zero-order valence-corrected chi connectivity index (χ0v) is 18.1. The lowest BCUT2D eigenvalue weighted by Crippen LogP contribution is -2.50. The lowest BCUT2D eigenvalue weighted by atomic mass is 10.3. The van der Waals surface area contributed by atoms with Gasteiger partial charge in [0.25, 0.3) is 5.91 Å². The van der Waals surface area contributed by atoms with Crippen molar-refractivity contribution in [3.63, 3.8) is 0 Å². The van der Waals surface area contributed by atoms with Gasteiger partial charge in [-0.15, -0.1) is 0 Å². The summed E-state index contributed by atoms with van der Waals surface area (Å²) in [5, 5.41) is 2.73. The highest BCUT2D eigenvalue weighted by Crippen LogP contribution is 2.20. The third-order valence-electron chi connectivity index (χ3n) is 4.97. The van der Waals surface area contributed by atoms with Crippen LogP contribution in [0, 0.1) is 5.82 Å². The molecule has 0 radical (unpaired) electrons. The fraction of sp³-hybridized carbons (Fsp3) is 0.381. The Hall–Kier alpha value is -2.69. The highest BCUT2D eigenvalue weighted by molar-refractivity contribution is 7.89. The molecule has 1 aliphatic heterocycles. The number of halogens is 1. The van der Waals surface area contributed by atoms with Crippen molar-refractivity contribution in [2.24, 2.45) is 0 Å². The monoisotopic (exact) mass is 451 g/mol. The Morgan fingerprint density at radius 2 is 1.74 bits per heavy atom. The zero-order chi connectivity index (χ0) is 22.3. The number of methoxy groups -OCH3 is 1. The maximum Gasteiger partial charge on any atom is 0.257 e. The van der Waals surface area contributed by atoms with Gasteiger partial charge in [0.2, 0.25) is 10.0 Å². The van der Waals surface area contributed by atoms with Crippen LogP contribution in [0.5, 0.6) is 11.5 Å². The van der Waals surface area contributed by atoms with Crippen LogP contribution in [-0.4, -0.2) is 76.5 Å². The predicted octanol–water partition coefficient (Wildman–Crippen LogP) is 1.34. The molecule has 0 aliphatic carbocycles. The number of benzene rings is 2. The molecular formula is C21H26FN3O5S. The number of carbonyl (C=O) groups is 1. The van der Waals surface area contributed by atoms with Crippen molar-refractivity contribution in [3.05, 3.63) is 54.3 Å². The molecule has 8 nitrogen and oxygen atoms in total. The van der Waals surface area contributed by atoms with E-state index >= 15 is 0 Å². The maximum absolute atomic E-state index is 13.5. The lowest BCUT2D eigenvalue weighted by molar-refractivity contribution is -0.123. The van der Waals surface area contributed by atoms with Crippen LogP contribution in [0.1, 0.15) is 0 Å². The number of sulfonamides is 1. The molecule has 1 N–H and O–H groups in total. The summed E-state index contributed by atoms with van der Waals surface area (Å²) in [5.74, 6) is -0.223. The first-order valence-corrected chi connectivity index (χ1v) is 11.3. The number of amides is 1. The molecule has 1 fully saturated rings. The van der Waals surface area contributed by atoms with Gasteiger partial charge in [-0.2, -0.15) is 4.31 Å². The van der Waals surface area contributed by atoms with Crippen LogP contribution >= 0.6 is 0 Å². The molecule has 31 heavy (non-hydrogen) atoms. The van der Waals surface area contributed by atoms with Gasteiger partial charge in [0.05, 0.1) is 12.0 Å². The standard InChI is InChI=1S/C21H26FN3O5S/c1-29-17-6-8-18(9-7-17)31(27,28)25-14-12-24(13-15-25)11-10-23-21(26)16-30-20-5-3-2-4-19(20)22/h2-9H,10-16H2,1H3,(H,23,26). The predicted molar refractivity (Wildman–Crippen MR) is 113 cm³/mol. The van der Waals surface area contributed by atoms with Crippen LogP contribution in [-0.2, 0) is 14.8 Å². The smallest absolute Gasteiger partial charge is 0.257 e. The van der Waals surface area contributed by atoms with Gasteiger partial charge in [-0.1, -0.05) is 12.1 Å². The molecule has 0 saturated carbocycles. The Bertz CT molecular complexity index is 977.